The standard InChI is InChI=1S/C18H26O3/c1-2-13(19)6-7-14-15-8-11-4-3-5-17(20)16(11)9-12(15)10-18(14)21/h3-5,12-15,18-21H,2,6-10H2,1H3/t12-,13-,14+,15-,18+/m0/s1. The van der Waals surface area contributed by atoms with Gasteiger partial charge >= 0.3 is 0 Å². The number of fused-ring (bicyclic) bond motifs is 2. The van der Waals surface area contributed by atoms with E-state index in [1.165, 1.54) is 5.56 Å². The molecule has 1 fully saturated rings. The number of rotatable bonds is 4. The molecule has 2 aliphatic carbocycles. The number of benzene rings is 1. The molecule has 0 saturated heterocycles. The van der Waals surface area contributed by atoms with Crippen LogP contribution in [0.1, 0.15) is 43.7 Å². The first kappa shape index (κ1) is 14.9. The van der Waals surface area contributed by atoms with Crippen LogP contribution in [0, 0.1) is 17.8 Å². The van der Waals surface area contributed by atoms with Crippen LogP contribution in [0.2, 0.25) is 0 Å². The van der Waals surface area contributed by atoms with Crippen LogP contribution in [0.5, 0.6) is 5.75 Å². The summed E-state index contributed by atoms with van der Waals surface area (Å²) in [5.41, 5.74) is 2.33. The summed E-state index contributed by atoms with van der Waals surface area (Å²) in [6, 6.07) is 5.78. The van der Waals surface area contributed by atoms with Crippen molar-refractivity contribution in [2.24, 2.45) is 17.8 Å². The molecule has 0 aliphatic heterocycles. The molecule has 2 aliphatic rings. The molecular formula is C18H26O3. The molecule has 0 unspecified atom stereocenters. The summed E-state index contributed by atoms with van der Waals surface area (Å²) < 4.78 is 0. The van der Waals surface area contributed by atoms with Crippen molar-refractivity contribution in [3.05, 3.63) is 29.3 Å². The van der Waals surface area contributed by atoms with Gasteiger partial charge < -0.3 is 15.3 Å². The minimum absolute atomic E-state index is 0.240. The minimum atomic E-state index is -0.250. The van der Waals surface area contributed by atoms with E-state index in [1.807, 2.05) is 13.0 Å². The summed E-state index contributed by atoms with van der Waals surface area (Å²) >= 11 is 0. The number of aliphatic hydroxyl groups excluding tert-OH is 2. The van der Waals surface area contributed by atoms with E-state index in [-0.39, 0.29) is 12.2 Å². The highest BCUT2D eigenvalue weighted by molar-refractivity contribution is 5.42. The van der Waals surface area contributed by atoms with Gasteiger partial charge in [-0.3, -0.25) is 0 Å². The summed E-state index contributed by atoms with van der Waals surface area (Å²) in [7, 11) is 0. The summed E-state index contributed by atoms with van der Waals surface area (Å²) in [5.74, 6) is 1.68. The second-order valence-electron chi connectivity index (χ2n) is 6.85. The average molecular weight is 290 g/mol. The Kier molecular flexibility index (Phi) is 4.23. The second-order valence-corrected chi connectivity index (χ2v) is 6.85. The van der Waals surface area contributed by atoms with Crippen molar-refractivity contribution in [3.63, 3.8) is 0 Å². The van der Waals surface area contributed by atoms with E-state index in [0.717, 1.165) is 44.1 Å². The lowest BCUT2D eigenvalue weighted by Gasteiger charge is -2.32. The maximum atomic E-state index is 10.4. The van der Waals surface area contributed by atoms with Gasteiger partial charge in [-0.25, -0.2) is 0 Å². The average Bonchev–Trinajstić information content (AvgIpc) is 2.78. The highest BCUT2D eigenvalue weighted by Gasteiger charge is 2.44. The Hall–Kier alpha value is -1.06. The molecule has 1 aromatic carbocycles. The van der Waals surface area contributed by atoms with Gasteiger partial charge in [0, 0.05) is 0 Å². The van der Waals surface area contributed by atoms with E-state index in [0.29, 0.717) is 23.5 Å². The zero-order valence-electron chi connectivity index (χ0n) is 12.7. The third-order valence-electron chi connectivity index (χ3n) is 5.67. The van der Waals surface area contributed by atoms with E-state index < -0.39 is 0 Å². The van der Waals surface area contributed by atoms with E-state index in [1.54, 1.807) is 6.07 Å². The Morgan fingerprint density at radius 1 is 1.29 bits per heavy atom. The first-order valence-corrected chi connectivity index (χ1v) is 8.26. The topological polar surface area (TPSA) is 60.7 Å². The van der Waals surface area contributed by atoms with Crippen molar-refractivity contribution in [2.45, 2.75) is 57.7 Å². The quantitative estimate of drug-likeness (QED) is 0.799. The van der Waals surface area contributed by atoms with E-state index in [4.69, 9.17) is 0 Å². The molecule has 3 N–H and O–H groups in total. The van der Waals surface area contributed by atoms with Crippen molar-refractivity contribution in [1.29, 1.82) is 0 Å². The van der Waals surface area contributed by atoms with Gasteiger partial charge in [-0.1, -0.05) is 19.1 Å². The van der Waals surface area contributed by atoms with Gasteiger partial charge in [-0.05, 0) is 73.5 Å². The van der Waals surface area contributed by atoms with Crippen LogP contribution >= 0.6 is 0 Å². The molecule has 116 valence electrons. The monoisotopic (exact) mass is 290 g/mol. The lowest BCUT2D eigenvalue weighted by atomic mass is 9.73. The van der Waals surface area contributed by atoms with Crippen LogP contribution in [-0.4, -0.2) is 27.5 Å². The van der Waals surface area contributed by atoms with E-state index >= 15 is 0 Å². The van der Waals surface area contributed by atoms with Gasteiger partial charge in [-0.2, -0.15) is 0 Å². The molecular weight excluding hydrogens is 264 g/mol. The molecule has 0 aromatic heterocycles. The Morgan fingerprint density at radius 2 is 2.10 bits per heavy atom. The van der Waals surface area contributed by atoms with Crippen LogP contribution in [0.3, 0.4) is 0 Å². The van der Waals surface area contributed by atoms with Gasteiger partial charge in [0.1, 0.15) is 5.75 Å². The van der Waals surface area contributed by atoms with Gasteiger partial charge in [0.15, 0.2) is 0 Å². The number of hydrogen-bond acceptors (Lipinski definition) is 3. The fraction of sp³-hybridized carbons (Fsp3) is 0.667. The zero-order chi connectivity index (χ0) is 15.0. The van der Waals surface area contributed by atoms with Crippen LogP contribution < -0.4 is 0 Å². The van der Waals surface area contributed by atoms with Crippen LogP contribution in [0.4, 0.5) is 0 Å². The van der Waals surface area contributed by atoms with E-state index in [2.05, 4.69) is 6.07 Å². The number of phenolic OH excluding ortho intramolecular Hbond substituents is 1. The lowest BCUT2D eigenvalue weighted by molar-refractivity contribution is 0.0892. The molecule has 21 heavy (non-hydrogen) atoms. The molecule has 3 heteroatoms. The molecule has 3 nitrogen and oxygen atoms in total. The predicted molar refractivity (Wildman–Crippen MR) is 82.1 cm³/mol. The van der Waals surface area contributed by atoms with Gasteiger partial charge in [0.2, 0.25) is 0 Å². The summed E-state index contributed by atoms with van der Waals surface area (Å²) in [6.07, 6.45) is 4.67. The first-order valence-electron chi connectivity index (χ1n) is 8.26. The smallest absolute Gasteiger partial charge is 0.119 e. The molecule has 0 radical (unpaired) electrons. The third-order valence-corrected chi connectivity index (χ3v) is 5.67. The van der Waals surface area contributed by atoms with Crippen molar-refractivity contribution < 1.29 is 15.3 Å². The molecule has 0 amide bonds. The minimum Gasteiger partial charge on any atom is -0.508 e. The number of hydrogen-bond donors (Lipinski definition) is 3. The van der Waals surface area contributed by atoms with Crippen molar-refractivity contribution in [1.82, 2.24) is 0 Å². The molecule has 1 aromatic rings. The lowest BCUT2D eigenvalue weighted by Crippen LogP contribution is -2.27. The summed E-state index contributed by atoms with van der Waals surface area (Å²) in [6.45, 7) is 2.00. The van der Waals surface area contributed by atoms with Crippen molar-refractivity contribution in [3.8, 4) is 5.75 Å². The molecule has 0 spiro atoms. The van der Waals surface area contributed by atoms with E-state index in [9.17, 15) is 15.3 Å². The SMILES string of the molecule is CC[C@H](O)CC[C@@H]1[C@H]2Cc3cccc(O)c3C[C@H]2C[C@H]1O. The largest absolute Gasteiger partial charge is 0.508 e. The zero-order valence-corrected chi connectivity index (χ0v) is 12.7. The Bertz CT molecular complexity index is 499. The maximum Gasteiger partial charge on any atom is 0.119 e. The second kappa shape index (κ2) is 5.98. The van der Waals surface area contributed by atoms with Crippen LogP contribution in [-0.2, 0) is 12.8 Å². The first-order chi connectivity index (χ1) is 10.1. The molecule has 5 atom stereocenters. The third kappa shape index (κ3) is 2.82. The fourth-order valence-corrected chi connectivity index (χ4v) is 4.41. The molecule has 3 rings (SSSR count). The summed E-state index contributed by atoms with van der Waals surface area (Å²) in [4.78, 5) is 0. The van der Waals surface area contributed by atoms with Crippen molar-refractivity contribution in [2.75, 3.05) is 0 Å². The Morgan fingerprint density at radius 3 is 2.86 bits per heavy atom. The highest BCUT2D eigenvalue weighted by atomic mass is 16.3. The van der Waals surface area contributed by atoms with Gasteiger partial charge in [0.05, 0.1) is 12.2 Å². The fourth-order valence-electron chi connectivity index (χ4n) is 4.41. The van der Waals surface area contributed by atoms with Gasteiger partial charge in [-0.15, -0.1) is 0 Å². The number of aromatic hydroxyl groups is 1. The highest BCUT2D eigenvalue weighted by Crippen LogP contribution is 2.48. The number of aliphatic hydroxyl groups is 2. The Labute approximate surface area is 126 Å². The van der Waals surface area contributed by atoms with Crippen molar-refractivity contribution >= 4 is 0 Å². The van der Waals surface area contributed by atoms with Gasteiger partial charge in [0.25, 0.3) is 0 Å². The normalized spacial score (nSPS) is 32.5. The molecule has 0 bridgehead atoms. The predicted octanol–water partition coefficient (Wildman–Crippen LogP) is 2.66. The van der Waals surface area contributed by atoms with Crippen LogP contribution in [0.25, 0.3) is 0 Å². The Balaban J connectivity index is 1.75. The number of phenols is 1. The molecule has 0 heterocycles. The van der Waals surface area contributed by atoms with Crippen LogP contribution in [0.15, 0.2) is 18.2 Å². The summed E-state index contributed by atoms with van der Waals surface area (Å²) in [5, 5.41) is 30.2. The molecule has 1 saturated carbocycles. The maximum absolute atomic E-state index is 10.4.